The molecule has 1 amide bonds. The highest BCUT2D eigenvalue weighted by Crippen LogP contribution is 2.25. The molecule has 0 saturated carbocycles. The zero-order valence-corrected chi connectivity index (χ0v) is 11.9. The Labute approximate surface area is 117 Å². The van der Waals surface area contributed by atoms with Crippen LogP contribution < -0.4 is 0 Å². The number of aryl methyl sites for hydroxylation is 1. The second-order valence-corrected chi connectivity index (χ2v) is 5.88. The van der Waals surface area contributed by atoms with Gasteiger partial charge in [-0.3, -0.25) is 9.59 Å². The summed E-state index contributed by atoms with van der Waals surface area (Å²) in [5.74, 6) is -0.410. The third-order valence-electron chi connectivity index (χ3n) is 3.69. The number of likely N-dealkylation sites (tertiary alicyclic amines) is 1. The SMILES string of the molecule is CCc1ccsc1C(=O)N1CCC(CC(=O)O)CC1. The van der Waals surface area contributed by atoms with Crippen LogP contribution in [-0.4, -0.2) is 35.0 Å². The third-order valence-corrected chi connectivity index (χ3v) is 4.63. The normalized spacial score (nSPS) is 16.6. The summed E-state index contributed by atoms with van der Waals surface area (Å²) in [4.78, 5) is 25.8. The second kappa shape index (κ2) is 6.19. The van der Waals surface area contributed by atoms with Gasteiger partial charge in [0.25, 0.3) is 5.91 Å². The number of nitrogens with zero attached hydrogens (tertiary/aromatic N) is 1. The van der Waals surface area contributed by atoms with Gasteiger partial charge in [-0.25, -0.2) is 0 Å². The summed E-state index contributed by atoms with van der Waals surface area (Å²) in [5.41, 5.74) is 1.11. The van der Waals surface area contributed by atoms with Crippen molar-refractivity contribution in [2.24, 2.45) is 5.92 Å². The first-order valence-electron chi connectivity index (χ1n) is 6.69. The van der Waals surface area contributed by atoms with Crippen molar-refractivity contribution in [2.45, 2.75) is 32.6 Å². The maximum atomic E-state index is 12.4. The minimum atomic E-state index is -0.740. The van der Waals surface area contributed by atoms with Gasteiger partial charge in [-0.05, 0) is 42.2 Å². The molecule has 4 nitrogen and oxygen atoms in total. The minimum Gasteiger partial charge on any atom is -0.481 e. The molecule has 104 valence electrons. The lowest BCUT2D eigenvalue weighted by Crippen LogP contribution is -2.38. The topological polar surface area (TPSA) is 57.6 Å². The third kappa shape index (κ3) is 3.35. The van der Waals surface area contributed by atoms with Crippen molar-refractivity contribution in [1.82, 2.24) is 4.90 Å². The van der Waals surface area contributed by atoms with E-state index < -0.39 is 5.97 Å². The van der Waals surface area contributed by atoms with Gasteiger partial charge in [0.2, 0.25) is 0 Å². The molecule has 1 aromatic heterocycles. The number of piperidine rings is 1. The summed E-state index contributed by atoms with van der Waals surface area (Å²) in [5, 5.41) is 10.7. The number of rotatable bonds is 4. The zero-order chi connectivity index (χ0) is 13.8. The smallest absolute Gasteiger partial charge is 0.303 e. The van der Waals surface area contributed by atoms with Gasteiger partial charge < -0.3 is 10.0 Å². The fourth-order valence-corrected chi connectivity index (χ4v) is 3.49. The molecule has 2 heterocycles. The molecule has 0 atom stereocenters. The lowest BCUT2D eigenvalue weighted by molar-refractivity contribution is -0.138. The second-order valence-electron chi connectivity index (χ2n) is 4.96. The molecular weight excluding hydrogens is 262 g/mol. The fourth-order valence-electron chi connectivity index (χ4n) is 2.53. The van der Waals surface area contributed by atoms with Gasteiger partial charge >= 0.3 is 5.97 Å². The summed E-state index contributed by atoms with van der Waals surface area (Å²) in [6.07, 6.45) is 2.69. The van der Waals surface area contributed by atoms with Crippen LogP contribution in [0.2, 0.25) is 0 Å². The summed E-state index contributed by atoms with van der Waals surface area (Å²) in [7, 11) is 0. The van der Waals surface area contributed by atoms with E-state index in [2.05, 4.69) is 6.92 Å². The molecule has 2 rings (SSSR count). The van der Waals surface area contributed by atoms with Crippen LogP contribution in [0, 0.1) is 5.92 Å². The molecule has 19 heavy (non-hydrogen) atoms. The first kappa shape index (κ1) is 14.1. The number of amides is 1. The number of hydrogen-bond acceptors (Lipinski definition) is 3. The lowest BCUT2D eigenvalue weighted by atomic mass is 9.93. The predicted molar refractivity (Wildman–Crippen MR) is 74.6 cm³/mol. The van der Waals surface area contributed by atoms with Crippen LogP contribution in [0.3, 0.4) is 0 Å². The van der Waals surface area contributed by atoms with Gasteiger partial charge in [-0.1, -0.05) is 6.92 Å². The van der Waals surface area contributed by atoms with Crippen LogP contribution in [0.1, 0.15) is 41.4 Å². The number of carboxylic acid groups (broad SMARTS) is 1. The summed E-state index contributed by atoms with van der Waals surface area (Å²) >= 11 is 1.50. The Bertz CT molecular complexity index is 461. The Balaban J connectivity index is 1.94. The van der Waals surface area contributed by atoms with Crippen LogP contribution in [-0.2, 0) is 11.2 Å². The van der Waals surface area contributed by atoms with Crippen molar-refractivity contribution >= 4 is 23.2 Å². The molecule has 0 aromatic carbocycles. The van der Waals surface area contributed by atoms with Gasteiger partial charge in [0.15, 0.2) is 0 Å². The molecule has 0 radical (unpaired) electrons. The van der Waals surface area contributed by atoms with Crippen molar-refractivity contribution in [3.8, 4) is 0 Å². The Hall–Kier alpha value is -1.36. The monoisotopic (exact) mass is 281 g/mol. The van der Waals surface area contributed by atoms with Crippen molar-refractivity contribution in [3.05, 3.63) is 21.9 Å². The average molecular weight is 281 g/mol. The Morgan fingerprint density at radius 2 is 2.11 bits per heavy atom. The van der Waals surface area contributed by atoms with E-state index in [1.165, 1.54) is 11.3 Å². The highest BCUT2D eigenvalue weighted by Gasteiger charge is 2.26. The van der Waals surface area contributed by atoms with E-state index in [9.17, 15) is 9.59 Å². The van der Waals surface area contributed by atoms with E-state index in [0.29, 0.717) is 13.1 Å². The standard InChI is InChI=1S/C14H19NO3S/c1-2-11-5-8-19-13(11)14(18)15-6-3-10(4-7-15)9-12(16)17/h5,8,10H,2-4,6-7,9H2,1H3,(H,16,17). The quantitative estimate of drug-likeness (QED) is 0.923. The molecule has 0 aliphatic carbocycles. The van der Waals surface area contributed by atoms with Gasteiger partial charge in [-0.2, -0.15) is 0 Å². The maximum Gasteiger partial charge on any atom is 0.303 e. The van der Waals surface area contributed by atoms with Crippen LogP contribution in [0.15, 0.2) is 11.4 Å². The number of carbonyl (C=O) groups is 2. The van der Waals surface area contributed by atoms with E-state index in [4.69, 9.17) is 5.11 Å². The predicted octanol–water partition coefficient (Wildman–Crippen LogP) is 2.64. The van der Waals surface area contributed by atoms with E-state index in [1.807, 2.05) is 16.3 Å². The van der Waals surface area contributed by atoms with Crippen LogP contribution in [0.4, 0.5) is 0 Å². The van der Waals surface area contributed by atoms with Crippen LogP contribution in [0.25, 0.3) is 0 Å². The molecular formula is C14H19NO3S. The Morgan fingerprint density at radius 1 is 1.42 bits per heavy atom. The molecule has 5 heteroatoms. The van der Waals surface area contributed by atoms with Gasteiger partial charge in [0, 0.05) is 19.5 Å². The molecule has 0 bridgehead atoms. The summed E-state index contributed by atoms with van der Waals surface area (Å²) < 4.78 is 0. The Kier molecular flexibility index (Phi) is 4.58. The zero-order valence-electron chi connectivity index (χ0n) is 11.1. The number of hydrogen-bond donors (Lipinski definition) is 1. The van der Waals surface area contributed by atoms with Crippen molar-refractivity contribution < 1.29 is 14.7 Å². The molecule has 1 aliphatic rings. The fraction of sp³-hybridized carbons (Fsp3) is 0.571. The number of carboxylic acids is 1. The Morgan fingerprint density at radius 3 is 2.68 bits per heavy atom. The molecule has 0 unspecified atom stereocenters. The number of thiophene rings is 1. The van der Waals surface area contributed by atoms with Crippen molar-refractivity contribution in [1.29, 1.82) is 0 Å². The van der Waals surface area contributed by atoms with E-state index >= 15 is 0 Å². The number of aliphatic carboxylic acids is 1. The van der Waals surface area contributed by atoms with Gasteiger partial charge in [0.05, 0.1) is 4.88 Å². The molecule has 0 spiro atoms. The lowest BCUT2D eigenvalue weighted by Gasteiger charge is -2.31. The first-order chi connectivity index (χ1) is 9.11. The summed E-state index contributed by atoms with van der Waals surface area (Å²) in [6.45, 7) is 3.41. The minimum absolute atomic E-state index is 0.112. The van der Waals surface area contributed by atoms with E-state index in [0.717, 1.165) is 29.7 Å². The molecule has 1 aliphatic heterocycles. The van der Waals surface area contributed by atoms with E-state index in [1.54, 1.807) is 0 Å². The molecule has 1 fully saturated rings. The molecule has 1 saturated heterocycles. The molecule has 1 N–H and O–H groups in total. The number of carbonyl (C=O) groups excluding carboxylic acids is 1. The highest BCUT2D eigenvalue weighted by atomic mass is 32.1. The maximum absolute atomic E-state index is 12.4. The van der Waals surface area contributed by atoms with E-state index in [-0.39, 0.29) is 18.2 Å². The highest BCUT2D eigenvalue weighted by molar-refractivity contribution is 7.12. The van der Waals surface area contributed by atoms with Crippen LogP contribution >= 0.6 is 11.3 Å². The van der Waals surface area contributed by atoms with Crippen molar-refractivity contribution in [3.63, 3.8) is 0 Å². The first-order valence-corrected chi connectivity index (χ1v) is 7.57. The largest absolute Gasteiger partial charge is 0.481 e. The summed E-state index contributed by atoms with van der Waals surface area (Å²) in [6, 6.07) is 2.01. The van der Waals surface area contributed by atoms with Gasteiger partial charge in [-0.15, -0.1) is 11.3 Å². The molecule has 1 aromatic rings. The average Bonchev–Trinajstić information content (AvgIpc) is 2.86. The van der Waals surface area contributed by atoms with Crippen LogP contribution in [0.5, 0.6) is 0 Å². The van der Waals surface area contributed by atoms with Crippen molar-refractivity contribution in [2.75, 3.05) is 13.1 Å². The van der Waals surface area contributed by atoms with Gasteiger partial charge in [0.1, 0.15) is 0 Å².